The van der Waals surface area contributed by atoms with Crippen molar-refractivity contribution in [3.8, 4) is 0 Å². The van der Waals surface area contributed by atoms with E-state index in [9.17, 15) is 23.1 Å². The molecule has 0 fully saturated rings. The van der Waals surface area contributed by atoms with Gasteiger partial charge in [0.05, 0.1) is 12.7 Å². The number of benzene rings is 1. The summed E-state index contributed by atoms with van der Waals surface area (Å²) in [6, 6.07) is 5.14. The van der Waals surface area contributed by atoms with Gasteiger partial charge >= 0.3 is 5.51 Å². The highest BCUT2D eigenvalue weighted by molar-refractivity contribution is 8.00. The molecule has 1 amide bonds. The summed E-state index contributed by atoms with van der Waals surface area (Å²) in [7, 11) is 2.93. The van der Waals surface area contributed by atoms with Gasteiger partial charge in [0.2, 0.25) is 0 Å². The van der Waals surface area contributed by atoms with Crippen LogP contribution in [0.5, 0.6) is 0 Å². The second-order valence-electron chi connectivity index (χ2n) is 4.37. The molecule has 1 aromatic rings. The first-order valence-corrected chi connectivity index (χ1v) is 6.83. The number of carbonyl (C=O) groups is 1. The van der Waals surface area contributed by atoms with Gasteiger partial charge in [-0.05, 0) is 36.0 Å². The number of aliphatic hydroxyl groups is 1. The number of amides is 1. The molecule has 21 heavy (non-hydrogen) atoms. The third-order valence-corrected chi connectivity index (χ3v) is 3.26. The van der Waals surface area contributed by atoms with Gasteiger partial charge in [-0.15, -0.1) is 0 Å². The lowest BCUT2D eigenvalue weighted by atomic mass is 10.2. The predicted octanol–water partition coefficient (Wildman–Crippen LogP) is 2.38. The number of methoxy groups -OCH3 is 1. The number of aliphatic hydroxyl groups excluding tert-OH is 1. The second-order valence-corrected chi connectivity index (χ2v) is 5.51. The zero-order valence-electron chi connectivity index (χ0n) is 11.6. The average molecular weight is 323 g/mol. The minimum absolute atomic E-state index is 0.0149. The van der Waals surface area contributed by atoms with Crippen molar-refractivity contribution >= 4 is 17.7 Å². The molecule has 0 heterocycles. The molecule has 1 atom stereocenters. The van der Waals surface area contributed by atoms with Crippen molar-refractivity contribution in [1.82, 2.24) is 4.90 Å². The van der Waals surface area contributed by atoms with Crippen LogP contribution in [0, 0.1) is 0 Å². The summed E-state index contributed by atoms with van der Waals surface area (Å²) in [5.41, 5.74) is -4.10. The molecule has 1 aromatic carbocycles. The number of thioether (sulfide) groups is 1. The molecule has 0 radical (unpaired) electrons. The van der Waals surface area contributed by atoms with E-state index in [1.807, 2.05) is 0 Å². The standard InChI is InChI=1S/C13H16F3NO3S/c1-17(7-10(18)8-20-2)12(19)9-3-5-11(6-4-9)21-13(14,15)16/h3-6,10,18H,7-8H2,1-2H3. The van der Waals surface area contributed by atoms with Crippen LogP contribution in [0.4, 0.5) is 13.2 Å². The molecule has 1 unspecified atom stereocenters. The van der Waals surface area contributed by atoms with E-state index in [2.05, 4.69) is 0 Å². The Kier molecular flexibility index (Phi) is 6.50. The Hall–Kier alpha value is -1.25. The van der Waals surface area contributed by atoms with E-state index in [1.54, 1.807) is 0 Å². The molecule has 0 saturated heterocycles. The van der Waals surface area contributed by atoms with E-state index in [0.717, 1.165) is 0 Å². The number of halogens is 3. The smallest absolute Gasteiger partial charge is 0.389 e. The minimum Gasteiger partial charge on any atom is -0.389 e. The zero-order valence-corrected chi connectivity index (χ0v) is 12.4. The van der Waals surface area contributed by atoms with Crippen LogP contribution < -0.4 is 0 Å². The number of rotatable bonds is 6. The molecule has 1 N–H and O–H groups in total. The quantitative estimate of drug-likeness (QED) is 0.817. The van der Waals surface area contributed by atoms with Gasteiger partial charge in [-0.1, -0.05) is 0 Å². The Morgan fingerprint density at radius 1 is 1.38 bits per heavy atom. The van der Waals surface area contributed by atoms with Gasteiger partial charge in [-0.2, -0.15) is 13.2 Å². The Labute approximate surface area is 124 Å². The van der Waals surface area contributed by atoms with Gasteiger partial charge < -0.3 is 14.7 Å². The number of nitrogens with zero attached hydrogens (tertiary/aromatic N) is 1. The summed E-state index contributed by atoms with van der Waals surface area (Å²) in [5, 5.41) is 9.54. The van der Waals surface area contributed by atoms with Crippen LogP contribution in [0.25, 0.3) is 0 Å². The molecular formula is C13H16F3NO3S. The van der Waals surface area contributed by atoms with Gasteiger partial charge in [-0.25, -0.2) is 0 Å². The number of alkyl halides is 3. The summed E-state index contributed by atoms with van der Waals surface area (Å²) in [5.74, 6) is -0.381. The Balaban J connectivity index is 2.66. The molecule has 0 saturated carbocycles. The Morgan fingerprint density at radius 2 is 1.95 bits per heavy atom. The normalized spacial score (nSPS) is 13.0. The van der Waals surface area contributed by atoms with E-state index in [1.165, 1.54) is 43.3 Å². The molecular weight excluding hydrogens is 307 g/mol. The average Bonchev–Trinajstić information content (AvgIpc) is 2.37. The van der Waals surface area contributed by atoms with Crippen molar-refractivity contribution in [3.63, 3.8) is 0 Å². The predicted molar refractivity (Wildman–Crippen MR) is 73.2 cm³/mol. The van der Waals surface area contributed by atoms with E-state index in [0.29, 0.717) is 0 Å². The summed E-state index contributed by atoms with van der Waals surface area (Å²) >= 11 is -0.235. The van der Waals surface area contributed by atoms with E-state index in [-0.39, 0.29) is 41.3 Å². The van der Waals surface area contributed by atoms with Gasteiger partial charge in [0.1, 0.15) is 0 Å². The van der Waals surface area contributed by atoms with Crippen molar-refractivity contribution in [3.05, 3.63) is 29.8 Å². The SMILES string of the molecule is COCC(O)CN(C)C(=O)c1ccc(SC(F)(F)F)cc1. The lowest BCUT2D eigenvalue weighted by Gasteiger charge is -2.20. The van der Waals surface area contributed by atoms with Crippen LogP contribution in [0.3, 0.4) is 0 Å². The lowest BCUT2D eigenvalue weighted by Crippen LogP contribution is -2.36. The van der Waals surface area contributed by atoms with E-state index in [4.69, 9.17) is 4.74 Å². The fourth-order valence-electron chi connectivity index (χ4n) is 1.66. The van der Waals surface area contributed by atoms with Crippen LogP contribution in [0.2, 0.25) is 0 Å². The number of carbonyl (C=O) groups excluding carboxylic acids is 1. The first-order chi connectivity index (χ1) is 9.73. The van der Waals surface area contributed by atoms with Crippen molar-refractivity contribution in [2.24, 2.45) is 0 Å². The van der Waals surface area contributed by atoms with Crippen LogP contribution in [0.15, 0.2) is 29.2 Å². The van der Waals surface area contributed by atoms with Crippen molar-refractivity contribution < 1.29 is 27.8 Å². The van der Waals surface area contributed by atoms with Gasteiger partial charge in [-0.3, -0.25) is 4.79 Å². The highest BCUT2D eigenvalue weighted by Crippen LogP contribution is 2.36. The minimum atomic E-state index is -4.35. The summed E-state index contributed by atoms with van der Waals surface area (Å²) < 4.78 is 41.3. The maximum atomic E-state index is 12.2. The molecule has 0 aliphatic rings. The number of hydrogen-bond acceptors (Lipinski definition) is 4. The van der Waals surface area contributed by atoms with Crippen molar-refractivity contribution in [2.45, 2.75) is 16.5 Å². The third kappa shape index (κ3) is 6.36. The number of likely N-dealkylation sites (N-methyl/N-ethyl adjacent to an activating group) is 1. The van der Waals surface area contributed by atoms with Crippen LogP contribution in [-0.4, -0.2) is 54.8 Å². The van der Waals surface area contributed by atoms with Crippen LogP contribution in [-0.2, 0) is 4.74 Å². The molecule has 0 bridgehead atoms. The third-order valence-electron chi connectivity index (χ3n) is 2.53. The Morgan fingerprint density at radius 3 is 2.43 bits per heavy atom. The highest BCUT2D eigenvalue weighted by Gasteiger charge is 2.29. The van der Waals surface area contributed by atoms with Crippen LogP contribution >= 0.6 is 11.8 Å². The van der Waals surface area contributed by atoms with Crippen molar-refractivity contribution in [1.29, 1.82) is 0 Å². The second kappa shape index (κ2) is 7.67. The summed E-state index contributed by atoms with van der Waals surface area (Å²) in [6.45, 7) is 0.171. The van der Waals surface area contributed by atoms with Crippen molar-refractivity contribution in [2.75, 3.05) is 27.3 Å². The molecule has 8 heteroatoms. The van der Waals surface area contributed by atoms with Gasteiger partial charge in [0.15, 0.2) is 0 Å². The molecule has 118 valence electrons. The zero-order chi connectivity index (χ0) is 16.0. The molecule has 0 aromatic heterocycles. The van der Waals surface area contributed by atoms with E-state index >= 15 is 0 Å². The highest BCUT2D eigenvalue weighted by atomic mass is 32.2. The Bertz CT molecular complexity index is 465. The molecule has 4 nitrogen and oxygen atoms in total. The van der Waals surface area contributed by atoms with E-state index < -0.39 is 11.6 Å². The first kappa shape index (κ1) is 17.8. The summed E-state index contributed by atoms with van der Waals surface area (Å²) in [6.07, 6.45) is -0.816. The molecule has 1 rings (SSSR count). The maximum Gasteiger partial charge on any atom is 0.446 e. The molecule has 0 aliphatic heterocycles. The fourth-order valence-corrected chi connectivity index (χ4v) is 2.20. The molecule has 0 aliphatic carbocycles. The fraction of sp³-hybridized carbons (Fsp3) is 0.462. The first-order valence-electron chi connectivity index (χ1n) is 6.01. The van der Waals surface area contributed by atoms with Gasteiger partial charge in [0, 0.05) is 31.2 Å². The lowest BCUT2D eigenvalue weighted by molar-refractivity contribution is -0.0328. The monoisotopic (exact) mass is 323 g/mol. The van der Waals surface area contributed by atoms with Crippen LogP contribution in [0.1, 0.15) is 10.4 Å². The molecule has 0 spiro atoms. The summed E-state index contributed by atoms with van der Waals surface area (Å²) in [4.78, 5) is 13.3. The topological polar surface area (TPSA) is 49.8 Å². The largest absolute Gasteiger partial charge is 0.446 e. The maximum absolute atomic E-state index is 12.2. The van der Waals surface area contributed by atoms with Gasteiger partial charge in [0.25, 0.3) is 5.91 Å². The number of ether oxygens (including phenoxy) is 1. The number of hydrogen-bond donors (Lipinski definition) is 1.